The van der Waals surface area contributed by atoms with E-state index in [2.05, 4.69) is 72.4 Å². The van der Waals surface area contributed by atoms with Crippen molar-refractivity contribution in [1.29, 1.82) is 0 Å². The molecule has 1 aliphatic carbocycles. The van der Waals surface area contributed by atoms with Gasteiger partial charge in [0.25, 0.3) is 0 Å². The summed E-state index contributed by atoms with van der Waals surface area (Å²) in [6.07, 6.45) is 15.8. The molecule has 0 saturated carbocycles. The lowest BCUT2D eigenvalue weighted by molar-refractivity contribution is 0.0710. The van der Waals surface area contributed by atoms with Crippen LogP contribution in [0.3, 0.4) is 0 Å². The Hall–Kier alpha value is -2.19. The molecule has 1 atom stereocenters. The number of amides is 1. The smallest absolute Gasteiger partial charge is 0.316 e. The quantitative estimate of drug-likeness (QED) is 0.420. The Morgan fingerprint density at radius 3 is 2.67 bits per heavy atom. The fourth-order valence-corrected chi connectivity index (χ4v) is 5.16. The minimum absolute atomic E-state index is 0.00415. The number of aromatic hydroxyl groups is 1. The van der Waals surface area contributed by atoms with Gasteiger partial charge in [0.05, 0.1) is 8.95 Å². The molecule has 2 aromatic rings. The van der Waals surface area contributed by atoms with Crippen LogP contribution in [-0.4, -0.2) is 39.1 Å². The van der Waals surface area contributed by atoms with Crippen molar-refractivity contribution in [1.82, 2.24) is 15.0 Å². The van der Waals surface area contributed by atoms with Crippen LogP contribution in [0.5, 0.6) is 5.75 Å². The van der Waals surface area contributed by atoms with Gasteiger partial charge >= 0.3 is 11.8 Å². The average molecular weight is 579 g/mol. The maximum Gasteiger partial charge on any atom is 0.316 e. The zero-order valence-electron chi connectivity index (χ0n) is 18.9. The van der Waals surface area contributed by atoms with Gasteiger partial charge in [-0.1, -0.05) is 55.0 Å². The first kappa shape index (κ1) is 25.4. The molecule has 1 N–H and O–H groups in total. The summed E-state index contributed by atoms with van der Waals surface area (Å²) in [5.74, 6) is 0.744. The molecule has 2 aliphatic rings. The predicted octanol–water partition coefficient (Wildman–Crippen LogP) is 7.07. The van der Waals surface area contributed by atoms with E-state index in [4.69, 9.17) is 4.52 Å². The van der Waals surface area contributed by atoms with E-state index in [0.29, 0.717) is 39.3 Å². The lowest BCUT2D eigenvalue weighted by atomic mass is 9.91. The molecule has 1 unspecified atom stereocenters. The second-order valence-electron chi connectivity index (χ2n) is 7.85. The van der Waals surface area contributed by atoms with Crippen LogP contribution in [0.25, 0.3) is 11.4 Å². The van der Waals surface area contributed by atoms with E-state index in [-0.39, 0.29) is 17.5 Å². The highest BCUT2D eigenvalue weighted by molar-refractivity contribution is 9.11. The monoisotopic (exact) mass is 577 g/mol. The van der Waals surface area contributed by atoms with Crippen LogP contribution in [-0.2, 0) is 0 Å². The summed E-state index contributed by atoms with van der Waals surface area (Å²) in [5, 5.41) is 13.8. The molecule has 1 saturated heterocycles. The highest BCUT2D eigenvalue weighted by Gasteiger charge is 2.26. The number of halogens is 2. The van der Waals surface area contributed by atoms with E-state index in [1.54, 1.807) is 12.1 Å². The fourth-order valence-electron chi connectivity index (χ4n) is 3.97. The number of phenolic OH excluding ortho intramolecular Hbond substituents is 1. The van der Waals surface area contributed by atoms with Crippen molar-refractivity contribution in [3.63, 3.8) is 0 Å². The second kappa shape index (κ2) is 12.3. The first-order valence-electron chi connectivity index (χ1n) is 11.3. The van der Waals surface area contributed by atoms with Crippen molar-refractivity contribution in [2.24, 2.45) is 5.92 Å². The van der Waals surface area contributed by atoms with Gasteiger partial charge in [-0.25, -0.2) is 0 Å². The summed E-state index contributed by atoms with van der Waals surface area (Å²) in [5.41, 5.74) is 2.08. The largest absolute Gasteiger partial charge is 0.506 e. The number of phenols is 1. The Balaban J connectivity index is 0.00000149. The third-order valence-electron chi connectivity index (χ3n) is 5.64. The zero-order chi connectivity index (χ0) is 23.8. The molecule has 176 valence electrons. The molecule has 0 spiro atoms. The van der Waals surface area contributed by atoms with Gasteiger partial charge in [-0.15, -0.1) is 0 Å². The molecule has 0 bridgehead atoms. The highest BCUT2D eigenvalue weighted by atomic mass is 79.9. The Morgan fingerprint density at radius 1 is 1.15 bits per heavy atom. The van der Waals surface area contributed by atoms with Gasteiger partial charge in [0, 0.05) is 18.7 Å². The van der Waals surface area contributed by atoms with E-state index < -0.39 is 0 Å². The van der Waals surface area contributed by atoms with Gasteiger partial charge in [0.2, 0.25) is 5.82 Å². The van der Waals surface area contributed by atoms with Crippen molar-refractivity contribution in [3.8, 4) is 17.1 Å². The number of hydrogen-bond acceptors (Lipinski definition) is 5. The highest BCUT2D eigenvalue weighted by Crippen LogP contribution is 2.36. The molecule has 1 amide bonds. The summed E-state index contributed by atoms with van der Waals surface area (Å²) in [6.45, 7) is 5.39. The molecule has 33 heavy (non-hydrogen) atoms. The molecule has 8 heteroatoms. The lowest BCUT2D eigenvalue weighted by Gasteiger charge is -2.19. The number of rotatable bonds is 4. The summed E-state index contributed by atoms with van der Waals surface area (Å²) >= 11 is 6.59. The first-order valence-corrected chi connectivity index (χ1v) is 12.9. The maximum atomic E-state index is 13.0. The van der Waals surface area contributed by atoms with E-state index >= 15 is 0 Å². The number of carbonyl (C=O) groups excluding carboxylic acids is 1. The zero-order valence-corrected chi connectivity index (χ0v) is 22.1. The number of nitrogens with zero attached hydrogens (tertiary/aromatic N) is 3. The normalized spacial score (nSPS) is 18.1. The van der Waals surface area contributed by atoms with Crippen LogP contribution >= 0.6 is 31.9 Å². The van der Waals surface area contributed by atoms with E-state index in [0.717, 1.165) is 32.1 Å². The minimum atomic E-state index is -0.226. The molecule has 1 aliphatic heterocycles. The van der Waals surface area contributed by atoms with Gasteiger partial charge in [-0.3, -0.25) is 4.79 Å². The van der Waals surface area contributed by atoms with Crippen LogP contribution in [0.2, 0.25) is 0 Å². The molecular formula is C25H29Br2N3O3. The minimum Gasteiger partial charge on any atom is -0.506 e. The average Bonchev–Trinajstić information content (AvgIpc) is 3.01. The summed E-state index contributed by atoms with van der Waals surface area (Å²) < 4.78 is 6.28. The van der Waals surface area contributed by atoms with Crippen molar-refractivity contribution >= 4 is 37.8 Å². The molecule has 1 fully saturated rings. The van der Waals surface area contributed by atoms with Crippen molar-refractivity contribution in [2.75, 3.05) is 13.1 Å². The number of aromatic nitrogens is 2. The number of hydrogen-bond donors (Lipinski definition) is 1. The van der Waals surface area contributed by atoms with Crippen LogP contribution < -0.4 is 0 Å². The van der Waals surface area contributed by atoms with Gasteiger partial charge in [0.1, 0.15) is 5.75 Å². The predicted molar refractivity (Wildman–Crippen MR) is 137 cm³/mol. The Kier molecular flexibility index (Phi) is 9.50. The van der Waals surface area contributed by atoms with Crippen LogP contribution in [0.1, 0.15) is 56.6 Å². The fraction of sp³-hybridized carbons (Fsp3) is 0.400. The summed E-state index contributed by atoms with van der Waals surface area (Å²) in [6, 6.07) is 3.37. The van der Waals surface area contributed by atoms with Crippen molar-refractivity contribution < 1.29 is 14.4 Å². The van der Waals surface area contributed by atoms with E-state index in [1.165, 1.54) is 5.57 Å². The molecule has 1 aromatic carbocycles. The standard InChI is InChI=1S/C23H23Br2N3O3.C2H6/c24-18-13-17(14-19(25)20(18)29)21-26-22(31-27-21)23(30)28-10-5-8-16(9-11-28)12-15-6-3-1-2-4-7-15;1-2/h1-4,6,13-14,16,29H,5,7-12H2;1-2H3. The SMILES string of the molecule is CC.O=C(c1nc(-c2cc(Br)c(O)c(Br)c2)no1)N1CCCC(CC2=CC=CC=CC2)CC1. The molecule has 2 heterocycles. The van der Waals surface area contributed by atoms with E-state index in [1.807, 2.05) is 18.7 Å². The van der Waals surface area contributed by atoms with Crippen LogP contribution in [0.15, 0.2) is 61.6 Å². The molecule has 1 aromatic heterocycles. The third-order valence-corrected chi connectivity index (χ3v) is 6.85. The summed E-state index contributed by atoms with van der Waals surface area (Å²) in [4.78, 5) is 19.1. The number of likely N-dealkylation sites (tertiary alicyclic amines) is 1. The number of carbonyl (C=O) groups is 1. The van der Waals surface area contributed by atoms with Gasteiger partial charge in [0.15, 0.2) is 0 Å². The number of benzene rings is 1. The van der Waals surface area contributed by atoms with E-state index in [9.17, 15) is 9.90 Å². The Labute approximate surface area is 211 Å². The Bertz CT molecular complexity index is 1040. The molecular weight excluding hydrogens is 550 g/mol. The van der Waals surface area contributed by atoms with Crippen LogP contribution in [0.4, 0.5) is 0 Å². The van der Waals surface area contributed by atoms with Gasteiger partial charge < -0.3 is 14.5 Å². The second-order valence-corrected chi connectivity index (χ2v) is 9.56. The molecule has 4 rings (SSSR count). The Morgan fingerprint density at radius 2 is 1.91 bits per heavy atom. The topological polar surface area (TPSA) is 79.5 Å². The number of allylic oxidation sites excluding steroid dienone is 6. The third kappa shape index (κ3) is 6.67. The van der Waals surface area contributed by atoms with Gasteiger partial charge in [-0.2, -0.15) is 4.98 Å². The summed E-state index contributed by atoms with van der Waals surface area (Å²) in [7, 11) is 0. The van der Waals surface area contributed by atoms with Crippen molar-refractivity contribution in [3.05, 3.63) is 62.9 Å². The van der Waals surface area contributed by atoms with Crippen molar-refractivity contribution in [2.45, 2.75) is 46.0 Å². The lowest BCUT2D eigenvalue weighted by Crippen LogP contribution is -2.32. The first-order chi connectivity index (χ1) is 16.0. The van der Waals surface area contributed by atoms with Gasteiger partial charge in [-0.05, 0) is 82.0 Å². The van der Waals surface area contributed by atoms with Crippen LogP contribution in [0, 0.1) is 5.92 Å². The maximum absolute atomic E-state index is 13.0. The molecule has 6 nitrogen and oxygen atoms in total. The molecule has 0 radical (unpaired) electrons.